The molecule has 2 rings (SSSR count). The number of thiol groups is 1. The molecule has 1 aromatic carbocycles. The Kier molecular flexibility index (Phi) is 2.92. The minimum absolute atomic E-state index is 0.604. The summed E-state index contributed by atoms with van der Waals surface area (Å²) in [5, 5.41) is 0. The maximum atomic E-state index is 5.54. The van der Waals surface area contributed by atoms with Crippen LogP contribution >= 0.6 is 12.6 Å². The molecule has 0 saturated carbocycles. The molecule has 0 amide bonds. The molecule has 0 radical (unpaired) electrons. The predicted octanol–water partition coefficient (Wildman–Crippen LogP) is 3.47. The summed E-state index contributed by atoms with van der Waals surface area (Å²) in [5.41, 5.74) is 1.12. The molecular formula is C12H11NOS. The third-order valence-electron chi connectivity index (χ3n) is 1.94. The van der Waals surface area contributed by atoms with Gasteiger partial charge in [0.2, 0.25) is 5.88 Å². The van der Waals surface area contributed by atoms with Gasteiger partial charge in [0, 0.05) is 17.2 Å². The van der Waals surface area contributed by atoms with Crippen molar-refractivity contribution in [3.63, 3.8) is 0 Å². The minimum atomic E-state index is 0.604. The molecule has 2 nitrogen and oxygen atoms in total. The van der Waals surface area contributed by atoms with Gasteiger partial charge in [-0.15, -0.1) is 12.6 Å². The molecule has 0 aliphatic heterocycles. The summed E-state index contributed by atoms with van der Waals surface area (Å²) in [6.45, 7) is 1.99. The molecule has 3 heteroatoms. The molecule has 0 aliphatic rings. The fraction of sp³-hybridized carbons (Fsp3) is 0.0833. The van der Waals surface area contributed by atoms with Gasteiger partial charge in [-0.25, -0.2) is 4.98 Å². The van der Waals surface area contributed by atoms with Crippen LogP contribution in [0.25, 0.3) is 0 Å². The molecule has 0 atom stereocenters. The first-order valence-corrected chi connectivity index (χ1v) is 5.08. The van der Waals surface area contributed by atoms with Crippen LogP contribution in [0.5, 0.6) is 11.6 Å². The molecule has 2 aromatic rings. The van der Waals surface area contributed by atoms with Gasteiger partial charge < -0.3 is 4.74 Å². The van der Waals surface area contributed by atoms with Crippen LogP contribution in [0.15, 0.2) is 47.5 Å². The van der Waals surface area contributed by atoms with E-state index in [1.165, 1.54) is 0 Å². The van der Waals surface area contributed by atoms with Crippen LogP contribution in [-0.2, 0) is 0 Å². The van der Waals surface area contributed by atoms with Crippen molar-refractivity contribution < 1.29 is 4.74 Å². The van der Waals surface area contributed by atoms with Crippen molar-refractivity contribution in [3.05, 3.63) is 48.2 Å². The standard InChI is InChI=1S/C12H11NOS/c1-9-2-7-12(13-8-9)14-10-3-5-11(15)6-4-10/h2-8,15H,1H3. The Bertz CT molecular complexity index is 393. The number of nitrogens with zero attached hydrogens (tertiary/aromatic N) is 1. The van der Waals surface area contributed by atoms with Crippen LogP contribution in [0.4, 0.5) is 0 Å². The second-order valence-electron chi connectivity index (χ2n) is 3.27. The van der Waals surface area contributed by atoms with Crippen LogP contribution in [-0.4, -0.2) is 4.98 Å². The lowest BCUT2D eigenvalue weighted by molar-refractivity contribution is 0.462. The van der Waals surface area contributed by atoms with E-state index in [0.717, 1.165) is 16.2 Å². The maximum absolute atomic E-state index is 5.54. The van der Waals surface area contributed by atoms with Crippen LogP contribution in [0.3, 0.4) is 0 Å². The van der Waals surface area contributed by atoms with Crippen molar-refractivity contribution in [3.8, 4) is 11.6 Å². The molecule has 15 heavy (non-hydrogen) atoms. The van der Waals surface area contributed by atoms with E-state index in [2.05, 4.69) is 17.6 Å². The third kappa shape index (κ3) is 2.73. The number of hydrogen-bond donors (Lipinski definition) is 1. The summed E-state index contributed by atoms with van der Waals surface area (Å²) in [5.74, 6) is 1.37. The SMILES string of the molecule is Cc1ccc(Oc2ccc(S)cc2)nc1. The molecular weight excluding hydrogens is 206 g/mol. The van der Waals surface area contributed by atoms with Gasteiger partial charge in [0.1, 0.15) is 5.75 Å². The number of benzene rings is 1. The van der Waals surface area contributed by atoms with Crippen molar-refractivity contribution >= 4 is 12.6 Å². The fourth-order valence-electron chi connectivity index (χ4n) is 1.15. The van der Waals surface area contributed by atoms with Gasteiger partial charge >= 0.3 is 0 Å². The van der Waals surface area contributed by atoms with E-state index in [-0.39, 0.29) is 0 Å². The van der Waals surface area contributed by atoms with Crippen molar-refractivity contribution in [2.45, 2.75) is 11.8 Å². The summed E-state index contributed by atoms with van der Waals surface area (Å²) >= 11 is 4.20. The lowest BCUT2D eigenvalue weighted by Gasteiger charge is -2.04. The highest BCUT2D eigenvalue weighted by Gasteiger charge is 1.97. The summed E-state index contributed by atoms with van der Waals surface area (Å²) in [7, 11) is 0. The summed E-state index contributed by atoms with van der Waals surface area (Å²) in [4.78, 5) is 5.07. The van der Waals surface area contributed by atoms with Crippen molar-refractivity contribution in [1.29, 1.82) is 0 Å². The first-order chi connectivity index (χ1) is 7.24. The van der Waals surface area contributed by atoms with Gasteiger partial charge in [0.25, 0.3) is 0 Å². The average molecular weight is 217 g/mol. The number of rotatable bonds is 2. The van der Waals surface area contributed by atoms with Crippen LogP contribution in [0.2, 0.25) is 0 Å². The third-order valence-corrected chi connectivity index (χ3v) is 2.24. The highest BCUT2D eigenvalue weighted by molar-refractivity contribution is 7.80. The smallest absolute Gasteiger partial charge is 0.219 e. The molecule has 0 spiro atoms. The second-order valence-corrected chi connectivity index (χ2v) is 3.79. The summed E-state index contributed by atoms with van der Waals surface area (Å²) in [6.07, 6.45) is 1.78. The van der Waals surface area contributed by atoms with E-state index in [4.69, 9.17) is 4.74 Å². The Hall–Kier alpha value is -1.48. The zero-order valence-corrected chi connectivity index (χ0v) is 9.24. The van der Waals surface area contributed by atoms with Crippen molar-refractivity contribution in [2.75, 3.05) is 0 Å². The molecule has 0 N–H and O–H groups in total. The molecule has 0 saturated heterocycles. The monoisotopic (exact) mass is 217 g/mol. The van der Waals surface area contributed by atoms with Crippen LogP contribution in [0, 0.1) is 6.92 Å². The zero-order valence-electron chi connectivity index (χ0n) is 8.34. The van der Waals surface area contributed by atoms with Gasteiger partial charge in [-0.3, -0.25) is 0 Å². The fourth-order valence-corrected chi connectivity index (χ4v) is 1.30. The lowest BCUT2D eigenvalue weighted by atomic mass is 10.3. The number of aryl methyl sites for hydroxylation is 1. The van der Waals surface area contributed by atoms with Gasteiger partial charge in [0.15, 0.2) is 0 Å². The number of aromatic nitrogens is 1. The lowest BCUT2D eigenvalue weighted by Crippen LogP contribution is -1.87. The number of ether oxygens (including phenoxy) is 1. The summed E-state index contributed by atoms with van der Waals surface area (Å²) in [6, 6.07) is 11.3. The average Bonchev–Trinajstić information content (AvgIpc) is 2.25. The van der Waals surface area contributed by atoms with Crippen LogP contribution < -0.4 is 4.74 Å². The Balaban J connectivity index is 2.15. The highest BCUT2D eigenvalue weighted by Crippen LogP contribution is 2.20. The largest absolute Gasteiger partial charge is 0.439 e. The Morgan fingerprint density at radius 3 is 2.40 bits per heavy atom. The quantitative estimate of drug-likeness (QED) is 0.778. The van der Waals surface area contributed by atoms with E-state index in [1.807, 2.05) is 43.3 Å². The molecule has 1 heterocycles. The van der Waals surface area contributed by atoms with Crippen molar-refractivity contribution in [2.24, 2.45) is 0 Å². The Morgan fingerprint density at radius 2 is 1.80 bits per heavy atom. The van der Waals surface area contributed by atoms with E-state index in [0.29, 0.717) is 5.88 Å². The van der Waals surface area contributed by atoms with E-state index >= 15 is 0 Å². The van der Waals surface area contributed by atoms with Crippen LogP contribution in [0.1, 0.15) is 5.56 Å². The molecule has 0 fully saturated rings. The zero-order chi connectivity index (χ0) is 10.7. The van der Waals surface area contributed by atoms with Gasteiger partial charge in [-0.1, -0.05) is 6.07 Å². The number of hydrogen-bond acceptors (Lipinski definition) is 3. The molecule has 0 unspecified atom stereocenters. The van der Waals surface area contributed by atoms with Crippen molar-refractivity contribution in [1.82, 2.24) is 4.98 Å². The molecule has 76 valence electrons. The van der Waals surface area contributed by atoms with Gasteiger partial charge in [-0.05, 0) is 36.8 Å². The normalized spacial score (nSPS) is 10.0. The Morgan fingerprint density at radius 1 is 1.07 bits per heavy atom. The van der Waals surface area contributed by atoms with Gasteiger partial charge in [0.05, 0.1) is 0 Å². The number of pyridine rings is 1. The highest BCUT2D eigenvalue weighted by atomic mass is 32.1. The molecule has 0 bridgehead atoms. The maximum Gasteiger partial charge on any atom is 0.219 e. The van der Waals surface area contributed by atoms with E-state index in [1.54, 1.807) is 6.20 Å². The Labute approximate surface area is 94.3 Å². The van der Waals surface area contributed by atoms with Gasteiger partial charge in [-0.2, -0.15) is 0 Å². The first kappa shape index (κ1) is 10.1. The second kappa shape index (κ2) is 4.36. The summed E-state index contributed by atoms with van der Waals surface area (Å²) < 4.78 is 5.54. The molecule has 1 aromatic heterocycles. The molecule has 0 aliphatic carbocycles. The van der Waals surface area contributed by atoms with E-state index in [9.17, 15) is 0 Å². The van der Waals surface area contributed by atoms with E-state index < -0.39 is 0 Å². The predicted molar refractivity (Wildman–Crippen MR) is 62.7 cm³/mol. The topological polar surface area (TPSA) is 22.1 Å². The minimum Gasteiger partial charge on any atom is -0.439 e. The first-order valence-electron chi connectivity index (χ1n) is 4.63.